The fraction of sp³-hybridized carbons (Fsp3) is 0.286. The van der Waals surface area contributed by atoms with E-state index in [0.717, 1.165) is 0 Å². The van der Waals surface area contributed by atoms with Gasteiger partial charge in [0.1, 0.15) is 0 Å². The summed E-state index contributed by atoms with van der Waals surface area (Å²) in [6.45, 7) is 0. The van der Waals surface area contributed by atoms with E-state index < -0.39 is 0 Å². The third-order valence-electron chi connectivity index (χ3n) is 1.61. The predicted molar refractivity (Wildman–Crippen MR) is 50.9 cm³/mol. The van der Waals surface area contributed by atoms with E-state index in [0.29, 0.717) is 11.5 Å². The SMILES string of the molecule is CN(C)Nc1ccc2n[nH]c(=O)n2n1. The normalized spacial score (nSPS) is 11.1. The fourth-order valence-electron chi connectivity index (χ4n) is 1.09. The predicted octanol–water partition coefficient (Wildman–Crippen LogP) is -0.694. The van der Waals surface area contributed by atoms with Crippen molar-refractivity contribution in [2.45, 2.75) is 0 Å². The number of anilines is 1. The highest BCUT2D eigenvalue weighted by molar-refractivity contribution is 5.42. The molecule has 0 aromatic carbocycles. The molecule has 0 radical (unpaired) electrons. The number of rotatable bonds is 2. The van der Waals surface area contributed by atoms with Gasteiger partial charge in [-0.05, 0) is 12.1 Å². The lowest BCUT2D eigenvalue weighted by Gasteiger charge is -2.11. The van der Waals surface area contributed by atoms with Crippen molar-refractivity contribution in [2.75, 3.05) is 19.5 Å². The number of aromatic nitrogens is 4. The molecule has 0 aliphatic heterocycles. The molecule has 2 rings (SSSR count). The smallest absolute Gasteiger partial charge is 0.302 e. The largest absolute Gasteiger partial charge is 0.364 e. The van der Waals surface area contributed by atoms with Crippen LogP contribution in [0.5, 0.6) is 0 Å². The zero-order valence-electron chi connectivity index (χ0n) is 7.85. The molecule has 2 aromatic rings. The molecule has 74 valence electrons. The molecule has 0 saturated carbocycles. The van der Waals surface area contributed by atoms with Gasteiger partial charge >= 0.3 is 5.69 Å². The number of fused-ring (bicyclic) bond motifs is 1. The van der Waals surface area contributed by atoms with Crippen LogP contribution in [0.4, 0.5) is 5.82 Å². The highest BCUT2D eigenvalue weighted by Crippen LogP contribution is 2.02. The van der Waals surface area contributed by atoms with Crippen molar-refractivity contribution in [1.29, 1.82) is 0 Å². The van der Waals surface area contributed by atoms with E-state index >= 15 is 0 Å². The summed E-state index contributed by atoms with van der Waals surface area (Å²) in [6, 6.07) is 3.45. The molecular formula is C7H10N6O. The first-order valence-corrected chi connectivity index (χ1v) is 4.05. The van der Waals surface area contributed by atoms with Crippen LogP contribution in [-0.2, 0) is 0 Å². The highest BCUT2D eigenvalue weighted by atomic mass is 16.2. The zero-order chi connectivity index (χ0) is 10.1. The van der Waals surface area contributed by atoms with E-state index in [1.807, 2.05) is 14.1 Å². The molecule has 0 saturated heterocycles. The molecule has 2 heterocycles. The van der Waals surface area contributed by atoms with Crippen molar-refractivity contribution in [3.8, 4) is 0 Å². The van der Waals surface area contributed by atoms with Gasteiger partial charge in [-0.15, -0.1) is 5.10 Å². The minimum absolute atomic E-state index is 0.345. The van der Waals surface area contributed by atoms with Gasteiger partial charge in [0, 0.05) is 14.1 Å². The van der Waals surface area contributed by atoms with Gasteiger partial charge in [-0.2, -0.15) is 9.61 Å². The molecule has 0 fully saturated rings. The lowest BCUT2D eigenvalue weighted by Crippen LogP contribution is -2.22. The number of aromatic amines is 1. The fourth-order valence-corrected chi connectivity index (χ4v) is 1.09. The summed E-state index contributed by atoms with van der Waals surface area (Å²) >= 11 is 0. The van der Waals surface area contributed by atoms with Crippen molar-refractivity contribution in [2.24, 2.45) is 0 Å². The van der Waals surface area contributed by atoms with Crippen LogP contribution in [0.2, 0.25) is 0 Å². The van der Waals surface area contributed by atoms with E-state index in [1.165, 1.54) is 4.52 Å². The molecule has 2 aromatic heterocycles. The molecule has 0 atom stereocenters. The van der Waals surface area contributed by atoms with E-state index in [2.05, 4.69) is 20.7 Å². The molecule has 0 bridgehead atoms. The first-order valence-electron chi connectivity index (χ1n) is 4.05. The first-order chi connectivity index (χ1) is 6.66. The van der Waals surface area contributed by atoms with Crippen LogP contribution in [0.15, 0.2) is 16.9 Å². The quantitative estimate of drug-likeness (QED) is 0.618. The van der Waals surface area contributed by atoms with Crippen LogP contribution in [0, 0.1) is 0 Å². The summed E-state index contributed by atoms with van der Waals surface area (Å²) in [6.07, 6.45) is 0. The monoisotopic (exact) mass is 194 g/mol. The Balaban J connectivity index is 2.49. The van der Waals surface area contributed by atoms with Crippen molar-refractivity contribution in [3.63, 3.8) is 0 Å². The maximum Gasteiger partial charge on any atom is 0.364 e. The van der Waals surface area contributed by atoms with Gasteiger partial charge in [0.2, 0.25) is 0 Å². The number of hydrazine groups is 1. The number of nitrogens with one attached hydrogen (secondary N) is 2. The highest BCUT2D eigenvalue weighted by Gasteiger charge is 2.02. The number of nitrogens with zero attached hydrogens (tertiary/aromatic N) is 4. The second-order valence-electron chi connectivity index (χ2n) is 3.02. The molecule has 7 nitrogen and oxygen atoms in total. The van der Waals surface area contributed by atoms with E-state index in [1.54, 1.807) is 17.1 Å². The number of hydrogen-bond acceptors (Lipinski definition) is 5. The minimum Gasteiger partial charge on any atom is -0.302 e. The average molecular weight is 194 g/mol. The van der Waals surface area contributed by atoms with Crippen molar-refractivity contribution < 1.29 is 0 Å². The van der Waals surface area contributed by atoms with E-state index in [4.69, 9.17) is 0 Å². The summed E-state index contributed by atoms with van der Waals surface area (Å²) < 4.78 is 1.20. The lowest BCUT2D eigenvalue weighted by molar-refractivity contribution is 0.490. The van der Waals surface area contributed by atoms with Crippen LogP contribution >= 0.6 is 0 Å². The molecule has 0 aliphatic carbocycles. The third kappa shape index (κ3) is 1.44. The summed E-state index contributed by atoms with van der Waals surface area (Å²) in [4.78, 5) is 11.2. The van der Waals surface area contributed by atoms with Crippen LogP contribution < -0.4 is 11.1 Å². The van der Waals surface area contributed by atoms with Crippen LogP contribution in [0.1, 0.15) is 0 Å². The van der Waals surface area contributed by atoms with Crippen LogP contribution in [0.3, 0.4) is 0 Å². The Bertz CT molecular complexity index is 498. The van der Waals surface area contributed by atoms with Crippen molar-refractivity contribution >= 4 is 11.5 Å². The Morgan fingerprint density at radius 3 is 3.00 bits per heavy atom. The van der Waals surface area contributed by atoms with Gasteiger partial charge in [0.25, 0.3) is 0 Å². The minimum atomic E-state index is -0.345. The Morgan fingerprint density at radius 2 is 2.29 bits per heavy atom. The summed E-state index contributed by atoms with van der Waals surface area (Å²) in [5.74, 6) is 0.589. The lowest BCUT2D eigenvalue weighted by atomic mass is 10.5. The molecule has 0 spiro atoms. The topological polar surface area (TPSA) is 78.3 Å². The Kier molecular flexibility index (Phi) is 1.93. The van der Waals surface area contributed by atoms with E-state index in [-0.39, 0.29) is 5.69 Å². The van der Waals surface area contributed by atoms with Crippen LogP contribution in [0.25, 0.3) is 5.65 Å². The van der Waals surface area contributed by atoms with Gasteiger partial charge in [-0.25, -0.2) is 14.9 Å². The molecule has 0 unspecified atom stereocenters. The molecule has 14 heavy (non-hydrogen) atoms. The second kappa shape index (κ2) is 3.11. The number of H-pyrrole nitrogens is 1. The molecule has 0 amide bonds. The van der Waals surface area contributed by atoms with Crippen LogP contribution in [-0.4, -0.2) is 38.9 Å². The van der Waals surface area contributed by atoms with Gasteiger partial charge in [-0.1, -0.05) is 0 Å². The first kappa shape index (κ1) is 8.70. The average Bonchev–Trinajstić information content (AvgIpc) is 2.47. The Labute approximate surface area is 79.3 Å². The zero-order valence-corrected chi connectivity index (χ0v) is 7.85. The van der Waals surface area contributed by atoms with E-state index in [9.17, 15) is 4.79 Å². The maximum absolute atomic E-state index is 11.2. The summed E-state index contributed by atoms with van der Waals surface area (Å²) in [5.41, 5.74) is 3.09. The number of hydrogen-bond donors (Lipinski definition) is 2. The van der Waals surface area contributed by atoms with Crippen molar-refractivity contribution in [3.05, 3.63) is 22.6 Å². The Morgan fingerprint density at radius 1 is 1.50 bits per heavy atom. The molecular weight excluding hydrogens is 184 g/mol. The molecule has 0 aliphatic rings. The maximum atomic E-state index is 11.2. The van der Waals surface area contributed by atoms with Gasteiger partial charge < -0.3 is 5.43 Å². The summed E-state index contributed by atoms with van der Waals surface area (Å²) in [7, 11) is 3.67. The van der Waals surface area contributed by atoms with Crippen molar-refractivity contribution in [1.82, 2.24) is 24.8 Å². The van der Waals surface area contributed by atoms with Gasteiger partial charge in [0.05, 0.1) is 0 Å². The Hall–Kier alpha value is -1.89. The molecule has 7 heteroatoms. The van der Waals surface area contributed by atoms with Gasteiger partial charge in [-0.3, -0.25) is 0 Å². The third-order valence-corrected chi connectivity index (χ3v) is 1.61. The second-order valence-corrected chi connectivity index (χ2v) is 3.02. The summed E-state index contributed by atoms with van der Waals surface area (Å²) in [5, 5.41) is 11.8. The standard InChI is InChI=1S/C7H10N6O/c1-12(2)10-5-3-4-6-8-9-7(14)13(6)11-5/h3-4H,1-2H3,(H,9,14)(H,10,11). The molecule has 2 N–H and O–H groups in total. The van der Waals surface area contributed by atoms with Gasteiger partial charge in [0.15, 0.2) is 11.5 Å².